The van der Waals surface area contributed by atoms with Crippen LogP contribution >= 0.6 is 11.3 Å². The van der Waals surface area contributed by atoms with Gasteiger partial charge in [0.15, 0.2) is 15.8 Å². The molecule has 7 nitrogen and oxygen atoms in total. The molecule has 0 bridgehead atoms. The molecule has 0 aliphatic heterocycles. The lowest BCUT2D eigenvalue weighted by atomic mass is 10.3. The minimum Gasteiger partial charge on any atom is -0.375 e. The molecule has 0 amide bonds. The molecule has 160 valence electrons. The molecule has 0 saturated heterocycles. The summed E-state index contributed by atoms with van der Waals surface area (Å²) in [7, 11) is -0.253. The van der Waals surface area contributed by atoms with E-state index >= 15 is 0 Å². The van der Waals surface area contributed by atoms with Crippen LogP contribution in [-0.2, 0) is 21.1 Å². The molecule has 1 aromatic carbocycles. The predicted molar refractivity (Wildman–Crippen MR) is 113 cm³/mol. The van der Waals surface area contributed by atoms with E-state index in [-0.39, 0.29) is 23.3 Å². The third-order valence-corrected chi connectivity index (χ3v) is 6.94. The number of benzene rings is 1. The molecule has 1 aromatic heterocycles. The first-order valence-electron chi connectivity index (χ1n) is 9.22. The van der Waals surface area contributed by atoms with Crippen LogP contribution in [0.1, 0.15) is 30.7 Å². The predicted octanol–water partition coefficient (Wildman–Crippen LogP) is 2.86. The van der Waals surface area contributed by atoms with Gasteiger partial charge in [0.2, 0.25) is 0 Å². The molecule has 10 heteroatoms. The second-order valence-electron chi connectivity index (χ2n) is 6.40. The van der Waals surface area contributed by atoms with E-state index in [2.05, 4.69) is 15.3 Å². The number of ether oxygens (including phenoxy) is 1. The van der Waals surface area contributed by atoms with Crippen molar-refractivity contribution in [1.82, 2.24) is 15.2 Å². The van der Waals surface area contributed by atoms with Gasteiger partial charge in [0, 0.05) is 26.1 Å². The van der Waals surface area contributed by atoms with E-state index in [1.54, 1.807) is 7.11 Å². The van der Waals surface area contributed by atoms with Gasteiger partial charge in [0.1, 0.15) is 21.8 Å². The van der Waals surface area contributed by atoms with Gasteiger partial charge in [-0.05, 0) is 26.0 Å². The molecule has 29 heavy (non-hydrogen) atoms. The Morgan fingerprint density at radius 3 is 2.79 bits per heavy atom. The van der Waals surface area contributed by atoms with Gasteiger partial charge >= 0.3 is 0 Å². The fourth-order valence-electron chi connectivity index (χ4n) is 2.55. The monoisotopic (exact) mass is 442 g/mol. The van der Waals surface area contributed by atoms with Crippen LogP contribution in [0.5, 0.6) is 0 Å². The average molecular weight is 443 g/mol. The number of aliphatic imine (C=N–C) groups is 1. The first-order valence-corrected chi connectivity index (χ1v) is 11.8. The summed E-state index contributed by atoms with van der Waals surface area (Å²) in [6.07, 6.45) is -0.0652. The molecule has 0 aliphatic rings. The lowest BCUT2D eigenvalue weighted by Crippen LogP contribution is -2.38. The number of nitrogens with zero attached hydrogens (tertiary/aromatic N) is 3. The molecule has 0 aliphatic carbocycles. The van der Waals surface area contributed by atoms with Gasteiger partial charge in [-0.15, -0.1) is 11.3 Å². The van der Waals surface area contributed by atoms with Gasteiger partial charge in [-0.1, -0.05) is 12.1 Å². The molecule has 0 spiro atoms. The molecule has 1 heterocycles. The topological polar surface area (TPSA) is 83.9 Å². The highest BCUT2D eigenvalue weighted by molar-refractivity contribution is 7.91. The Kier molecular flexibility index (Phi) is 8.54. The Labute approximate surface area is 175 Å². The Bertz CT molecular complexity index is 931. The Hall–Kier alpha value is -2.04. The molecular weight excluding hydrogens is 415 g/mol. The number of halogens is 1. The summed E-state index contributed by atoms with van der Waals surface area (Å²) in [6.45, 7) is 5.03. The number of thiazole rings is 1. The van der Waals surface area contributed by atoms with Crippen molar-refractivity contribution in [2.24, 2.45) is 4.99 Å². The number of rotatable bonds is 9. The van der Waals surface area contributed by atoms with E-state index in [1.165, 1.54) is 29.5 Å². The van der Waals surface area contributed by atoms with Crippen LogP contribution < -0.4 is 5.32 Å². The maximum atomic E-state index is 13.8. The third-order valence-electron chi connectivity index (χ3n) is 4.16. The summed E-state index contributed by atoms with van der Waals surface area (Å²) >= 11 is 1.53. The summed E-state index contributed by atoms with van der Waals surface area (Å²) in [4.78, 5) is 10.5. The second-order valence-corrected chi connectivity index (χ2v) is 9.36. The number of methoxy groups -OCH3 is 1. The van der Waals surface area contributed by atoms with Crippen LogP contribution in [0.2, 0.25) is 0 Å². The number of sulfone groups is 1. The fourth-order valence-corrected chi connectivity index (χ4v) is 4.59. The normalized spacial score (nSPS) is 13.3. The van der Waals surface area contributed by atoms with Crippen molar-refractivity contribution in [1.29, 1.82) is 0 Å². The van der Waals surface area contributed by atoms with Gasteiger partial charge in [0.25, 0.3) is 0 Å². The van der Waals surface area contributed by atoms with Gasteiger partial charge in [-0.3, -0.25) is 4.99 Å². The van der Waals surface area contributed by atoms with Gasteiger partial charge in [-0.25, -0.2) is 17.8 Å². The maximum absolute atomic E-state index is 13.8. The van der Waals surface area contributed by atoms with Crippen LogP contribution in [-0.4, -0.2) is 57.3 Å². The average Bonchev–Trinajstić information content (AvgIpc) is 3.15. The summed E-state index contributed by atoms with van der Waals surface area (Å²) in [5.41, 5.74) is 0.876. The van der Waals surface area contributed by atoms with Gasteiger partial charge in [-0.2, -0.15) is 0 Å². The molecule has 0 saturated carbocycles. The van der Waals surface area contributed by atoms with Crippen LogP contribution in [0.15, 0.2) is 39.5 Å². The first-order chi connectivity index (χ1) is 13.8. The Morgan fingerprint density at radius 1 is 1.41 bits per heavy atom. The standard InChI is InChI=1S/C19H27FN4O3S2/c1-5-21-19(24(3)12-15-13-28-18(23-15)14(2)27-4)22-10-11-29(25,26)17-9-7-6-8-16(17)20/h6-9,13-14H,5,10-12H2,1-4H3,(H,21,22). The minimum atomic E-state index is -3.75. The van der Waals surface area contributed by atoms with Crippen LogP contribution in [0, 0.1) is 5.82 Å². The van der Waals surface area contributed by atoms with Crippen molar-refractivity contribution in [2.75, 3.05) is 33.0 Å². The van der Waals surface area contributed by atoms with Crippen LogP contribution in [0.4, 0.5) is 4.39 Å². The van der Waals surface area contributed by atoms with E-state index in [9.17, 15) is 12.8 Å². The largest absolute Gasteiger partial charge is 0.375 e. The summed E-state index contributed by atoms with van der Waals surface area (Å²) in [5, 5.41) is 6.00. The number of aromatic nitrogens is 1. The highest BCUT2D eigenvalue weighted by atomic mass is 32.2. The molecule has 1 atom stereocenters. The van der Waals surface area contributed by atoms with Crippen molar-refractivity contribution in [3.05, 3.63) is 46.2 Å². The molecular formula is C19H27FN4O3S2. The number of nitrogens with one attached hydrogen (secondary N) is 1. The Morgan fingerprint density at radius 2 is 2.14 bits per heavy atom. The van der Waals surface area contributed by atoms with Crippen LogP contribution in [0.25, 0.3) is 0 Å². The molecule has 2 rings (SSSR count). The number of guanidine groups is 1. The molecule has 1 N–H and O–H groups in total. The third kappa shape index (κ3) is 6.48. The summed E-state index contributed by atoms with van der Waals surface area (Å²) in [5.74, 6) is -0.459. The maximum Gasteiger partial charge on any atom is 0.194 e. The van der Waals surface area contributed by atoms with E-state index < -0.39 is 15.7 Å². The fraction of sp³-hybridized carbons (Fsp3) is 0.474. The second kappa shape index (κ2) is 10.7. The molecule has 2 aromatic rings. The lowest BCUT2D eigenvalue weighted by molar-refractivity contribution is 0.119. The Balaban J connectivity index is 2.05. The molecule has 1 unspecified atom stereocenters. The van der Waals surface area contributed by atoms with Crippen molar-refractivity contribution in [2.45, 2.75) is 31.4 Å². The van der Waals surface area contributed by atoms with Crippen molar-refractivity contribution in [3.8, 4) is 0 Å². The summed E-state index contributed by atoms with van der Waals surface area (Å²) in [6, 6.07) is 5.37. The zero-order valence-electron chi connectivity index (χ0n) is 17.1. The molecule has 0 fully saturated rings. The van der Waals surface area contributed by atoms with E-state index in [0.717, 1.165) is 16.8 Å². The van der Waals surface area contributed by atoms with E-state index in [1.807, 2.05) is 31.2 Å². The van der Waals surface area contributed by atoms with Gasteiger partial charge < -0.3 is 15.0 Å². The van der Waals surface area contributed by atoms with Crippen molar-refractivity contribution in [3.63, 3.8) is 0 Å². The first kappa shape index (κ1) is 23.2. The zero-order chi connectivity index (χ0) is 21.4. The lowest BCUT2D eigenvalue weighted by Gasteiger charge is -2.21. The van der Waals surface area contributed by atoms with E-state index in [4.69, 9.17) is 4.74 Å². The van der Waals surface area contributed by atoms with E-state index in [0.29, 0.717) is 19.0 Å². The smallest absolute Gasteiger partial charge is 0.194 e. The number of hydrogen-bond acceptors (Lipinski definition) is 6. The van der Waals surface area contributed by atoms with Crippen molar-refractivity contribution < 1.29 is 17.5 Å². The SMILES string of the molecule is CCNC(=NCCS(=O)(=O)c1ccccc1F)N(C)Cc1csc(C(C)OC)n1. The van der Waals surface area contributed by atoms with Gasteiger partial charge in [0.05, 0.1) is 24.5 Å². The highest BCUT2D eigenvalue weighted by Crippen LogP contribution is 2.21. The van der Waals surface area contributed by atoms with Crippen molar-refractivity contribution >= 4 is 27.1 Å². The quantitative estimate of drug-likeness (QED) is 0.475. The highest BCUT2D eigenvalue weighted by Gasteiger charge is 2.19. The number of hydrogen-bond donors (Lipinski definition) is 1. The van der Waals surface area contributed by atoms with Crippen LogP contribution in [0.3, 0.4) is 0 Å². The summed E-state index contributed by atoms with van der Waals surface area (Å²) < 4.78 is 43.9. The molecule has 0 radical (unpaired) electrons. The minimum absolute atomic E-state index is 0.0202. The zero-order valence-corrected chi connectivity index (χ0v) is 18.7.